The van der Waals surface area contributed by atoms with Crippen LogP contribution in [-0.2, 0) is 16.6 Å². The van der Waals surface area contributed by atoms with Crippen LogP contribution in [0.3, 0.4) is 0 Å². The number of sulfonamides is 1. The Balaban J connectivity index is 1.80. The zero-order chi connectivity index (χ0) is 17.2. The summed E-state index contributed by atoms with van der Waals surface area (Å²) >= 11 is 0. The predicted molar refractivity (Wildman–Crippen MR) is 96.8 cm³/mol. The summed E-state index contributed by atoms with van der Waals surface area (Å²) in [5.74, 6) is 0.462. The van der Waals surface area contributed by atoms with Gasteiger partial charge in [0.25, 0.3) is 10.0 Å². The van der Waals surface area contributed by atoms with Crippen molar-refractivity contribution in [3.8, 4) is 0 Å². The van der Waals surface area contributed by atoms with Crippen LogP contribution >= 0.6 is 0 Å². The summed E-state index contributed by atoms with van der Waals surface area (Å²) in [6, 6.07) is 15.1. The maximum Gasteiger partial charge on any atom is 0.286 e. The van der Waals surface area contributed by atoms with Crippen molar-refractivity contribution in [2.45, 2.75) is 25.3 Å². The second kappa shape index (κ2) is 6.75. The monoisotopic (exact) mass is 343 g/mol. The van der Waals surface area contributed by atoms with Gasteiger partial charge in [-0.05, 0) is 36.7 Å². The number of amidine groups is 1. The fourth-order valence-electron chi connectivity index (χ4n) is 2.76. The molecule has 0 spiro atoms. The average molecular weight is 343 g/mol. The van der Waals surface area contributed by atoms with E-state index in [0.717, 1.165) is 13.1 Å². The molecule has 0 aromatic heterocycles. The van der Waals surface area contributed by atoms with Gasteiger partial charge in [0.05, 0.1) is 12.2 Å². The van der Waals surface area contributed by atoms with Crippen LogP contribution in [0.1, 0.15) is 18.1 Å². The molecule has 0 amide bonds. The number of aryl methyl sites for hydroxylation is 1. The molecule has 3 rings (SSSR count). The van der Waals surface area contributed by atoms with Gasteiger partial charge < -0.3 is 5.32 Å². The van der Waals surface area contributed by atoms with Gasteiger partial charge in [-0.1, -0.05) is 43.3 Å². The molecule has 1 N–H and O–H groups in total. The lowest BCUT2D eigenvalue weighted by Crippen LogP contribution is -2.35. The maximum absolute atomic E-state index is 12.3. The summed E-state index contributed by atoms with van der Waals surface area (Å²) in [6.07, 6.45) is 0. The lowest BCUT2D eigenvalue weighted by molar-refractivity contribution is 0.319. The number of nitrogens with zero attached hydrogens (tertiary/aromatic N) is 2. The van der Waals surface area contributed by atoms with Gasteiger partial charge in [0.15, 0.2) is 0 Å². The number of hydrogen-bond acceptors (Lipinski definition) is 4. The molecule has 126 valence electrons. The minimum absolute atomic E-state index is 0.232. The van der Waals surface area contributed by atoms with E-state index in [0.29, 0.717) is 18.1 Å². The third kappa shape index (κ3) is 3.49. The molecule has 0 aliphatic carbocycles. The fourth-order valence-corrected chi connectivity index (χ4v) is 3.89. The number of nitrogens with one attached hydrogen (secondary N) is 1. The fraction of sp³-hybridized carbons (Fsp3) is 0.278. The Morgan fingerprint density at radius 1 is 1.04 bits per heavy atom. The molecule has 0 radical (unpaired) electrons. The Kier molecular flexibility index (Phi) is 4.69. The summed E-state index contributed by atoms with van der Waals surface area (Å²) in [6.45, 7) is 6.16. The molecule has 0 saturated heterocycles. The van der Waals surface area contributed by atoms with Gasteiger partial charge in [0.1, 0.15) is 10.7 Å². The molecular weight excluding hydrogens is 322 g/mol. The number of rotatable bonds is 5. The highest BCUT2D eigenvalue weighted by atomic mass is 32.2. The number of anilines is 1. The van der Waals surface area contributed by atoms with Crippen molar-refractivity contribution in [2.24, 2.45) is 4.40 Å². The number of para-hydroxylation sites is 1. The summed E-state index contributed by atoms with van der Waals surface area (Å²) in [5.41, 5.74) is 3.06. The second-order valence-corrected chi connectivity index (χ2v) is 7.44. The molecule has 0 saturated carbocycles. The van der Waals surface area contributed by atoms with Crippen LogP contribution in [0.2, 0.25) is 0 Å². The average Bonchev–Trinajstić information content (AvgIpc) is 2.55. The Morgan fingerprint density at radius 2 is 1.75 bits per heavy atom. The van der Waals surface area contributed by atoms with E-state index in [9.17, 15) is 8.42 Å². The van der Waals surface area contributed by atoms with Crippen LogP contribution < -0.4 is 5.32 Å². The van der Waals surface area contributed by atoms with Gasteiger partial charge >= 0.3 is 0 Å². The highest BCUT2D eigenvalue weighted by molar-refractivity contribution is 7.90. The van der Waals surface area contributed by atoms with Crippen molar-refractivity contribution in [1.82, 2.24) is 4.90 Å². The minimum atomic E-state index is -3.63. The topological polar surface area (TPSA) is 61.8 Å². The van der Waals surface area contributed by atoms with Crippen molar-refractivity contribution >= 4 is 21.5 Å². The highest BCUT2D eigenvalue weighted by Crippen LogP contribution is 2.26. The number of hydrogen-bond donors (Lipinski definition) is 1. The van der Waals surface area contributed by atoms with Gasteiger partial charge in [-0.25, -0.2) is 0 Å². The molecule has 1 aliphatic heterocycles. The van der Waals surface area contributed by atoms with E-state index in [2.05, 4.69) is 40.6 Å². The third-order valence-corrected chi connectivity index (χ3v) is 5.52. The van der Waals surface area contributed by atoms with Gasteiger partial charge in [-0.15, -0.1) is 4.40 Å². The maximum atomic E-state index is 12.3. The molecule has 2 aromatic rings. The third-order valence-electron chi connectivity index (χ3n) is 4.15. The molecule has 24 heavy (non-hydrogen) atoms. The molecule has 1 heterocycles. The lowest BCUT2D eigenvalue weighted by atomic mass is 10.1. The summed E-state index contributed by atoms with van der Waals surface area (Å²) in [5, 5.41) is 3.15. The summed E-state index contributed by atoms with van der Waals surface area (Å²) in [7, 11) is -3.63. The van der Waals surface area contributed by atoms with Crippen molar-refractivity contribution in [3.05, 3.63) is 59.7 Å². The number of benzene rings is 2. The first kappa shape index (κ1) is 16.7. The molecule has 0 unspecified atom stereocenters. The van der Waals surface area contributed by atoms with Crippen molar-refractivity contribution in [2.75, 3.05) is 18.4 Å². The van der Waals surface area contributed by atoms with Gasteiger partial charge in [-0.3, -0.25) is 4.90 Å². The molecule has 0 bridgehead atoms. The summed E-state index contributed by atoms with van der Waals surface area (Å²) < 4.78 is 28.6. The van der Waals surface area contributed by atoms with E-state index in [4.69, 9.17) is 0 Å². The Hall–Kier alpha value is -2.18. The Labute approximate surface area is 143 Å². The first-order valence-electron chi connectivity index (χ1n) is 7.96. The number of fused-ring (bicyclic) bond motifs is 1. The zero-order valence-corrected chi connectivity index (χ0v) is 14.7. The van der Waals surface area contributed by atoms with Crippen LogP contribution in [0.4, 0.5) is 5.69 Å². The molecule has 0 atom stereocenters. The second-order valence-electron chi connectivity index (χ2n) is 5.86. The first-order valence-corrected chi connectivity index (χ1v) is 9.40. The predicted octanol–water partition coefficient (Wildman–Crippen LogP) is 3.03. The van der Waals surface area contributed by atoms with Crippen molar-refractivity contribution in [1.29, 1.82) is 0 Å². The summed E-state index contributed by atoms with van der Waals surface area (Å²) in [4.78, 5) is 2.40. The van der Waals surface area contributed by atoms with Crippen LogP contribution in [-0.4, -0.2) is 32.2 Å². The van der Waals surface area contributed by atoms with Crippen LogP contribution in [0, 0.1) is 6.92 Å². The zero-order valence-electron chi connectivity index (χ0n) is 13.9. The number of likely N-dealkylation sites (N-methyl/N-ethyl adjacent to an activating group) is 1. The molecule has 0 fully saturated rings. The molecule has 1 aliphatic rings. The lowest BCUT2D eigenvalue weighted by Gasteiger charge is -2.25. The highest BCUT2D eigenvalue weighted by Gasteiger charge is 2.25. The Bertz CT molecular complexity index is 875. The van der Waals surface area contributed by atoms with E-state index >= 15 is 0 Å². The van der Waals surface area contributed by atoms with Gasteiger partial charge in [0.2, 0.25) is 0 Å². The van der Waals surface area contributed by atoms with Crippen LogP contribution in [0.25, 0.3) is 0 Å². The van der Waals surface area contributed by atoms with E-state index in [-0.39, 0.29) is 4.90 Å². The van der Waals surface area contributed by atoms with Crippen LogP contribution in [0.15, 0.2) is 57.8 Å². The quantitative estimate of drug-likeness (QED) is 0.906. The Morgan fingerprint density at radius 3 is 2.50 bits per heavy atom. The van der Waals surface area contributed by atoms with E-state index in [1.165, 1.54) is 11.1 Å². The standard InChI is InChI=1S/C18H21N3O2S/c1-3-21(12-15-9-5-4-8-14(15)2)13-18-19-16-10-6-7-11-17(16)24(22,23)20-18/h4-11H,3,12-13H2,1-2H3,(H,19,20). The van der Waals surface area contributed by atoms with Crippen molar-refractivity contribution in [3.63, 3.8) is 0 Å². The van der Waals surface area contributed by atoms with E-state index < -0.39 is 10.0 Å². The van der Waals surface area contributed by atoms with Gasteiger partial charge in [-0.2, -0.15) is 8.42 Å². The SMILES string of the molecule is CCN(CC1=NS(=O)(=O)c2ccccc2N1)Cc1ccccc1C. The van der Waals surface area contributed by atoms with Crippen molar-refractivity contribution < 1.29 is 8.42 Å². The largest absolute Gasteiger partial charge is 0.341 e. The molecule has 2 aromatic carbocycles. The first-order chi connectivity index (χ1) is 11.5. The van der Waals surface area contributed by atoms with E-state index in [1.807, 2.05) is 18.2 Å². The molecule has 5 nitrogen and oxygen atoms in total. The minimum Gasteiger partial charge on any atom is -0.341 e. The molecule has 6 heteroatoms. The van der Waals surface area contributed by atoms with Crippen LogP contribution in [0.5, 0.6) is 0 Å². The normalized spacial score (nSPS) is 15.5. The van der Waals surface area contributed by atoms with Gasteiger partial charge in [0, 0.05) is 6.54 Å². The van der Waals surface area contributed by atoms with E-state index in [1.54, 1.807) is 18.2 Å². The smallest absolute Gasteiger partial charge is 0.286 e. The molecular formula is C18H21N3O2S.